The summed E-state index contributed by atoms with van der Waals surface area (Å²) < 4.78 is 6.20. The largest absolute Gasteiger partial charge is 0.496 e. The predicted molar refractivity (Wildman–Crippen MR) is 96.9 cm³/mol. The van der Waals surface area contributed by atoms with Crippen LogP contribution in [0.2, 0.25) is 0 Å². The summed E-state index contributed by atoms with van der Waals surface area (Å²) in [7, 11) is 3.58. The zero-order valence-electron chi connectivity index (χ0n) is 14.3. The number of likely N-dealkylation sites (N-methyl/N-ethyl adjacent to an activating group) is 2. The highest BCUT2D eigenvalue weighted by Crippen LogP contribution is 2.26. The fraction of sp³-hybridized carbons (Fsp3) is 0.611. The SMILES string of the molecule is CCN1CCCCC1C(=O)N(C)CCc1ccc(OC)c(Br)c1. The van der Waals surface area contributed by atoms with E-state index in [1.54, 1.807) is 7.11 Å². The lowest BCUT2D eigenvalue weighted by molar-refractivity contribution is -0.136. The third-order valence-corrected chi connectivity index (χ3v) is 5.25. The summed E-state index contributed by atoms with van der Waals surface area (Å²) in [6.45, 7) is 4.88. The minimum absolute atomic E-state index is 0.0707. The number of methoxy groups -OCH3 is 1. The van der Waals surface area contributed by atoms with Gasteiger partial charge >= 0.3 is 0 Å². The Hall–Kier alpha value is -1.07. The molecular weight excluding hydrogens is 356 g/mol. The van der Waals surface area contributed by atoms with E-state index in [0.29, 0.717) is 0 Å². The summed E-state index contributed by atoms with van der Waals surface area (Å²) in [5.41, 5.74) is 1.20. The molecule has 4 nitrogen and oxygen atoms in total. The maximum atomic E-state index is 12.7. The second kappa shape index (κ2) is 8.69. The van der Waals surface area contributed by atoms with Crippen LogP contribution < -0.4 is 4.74 Å². The zero-order chi connectivity index (χ0) is 16.8. The van der Waals surface area contributed by atoms with E-state index in [4.69, 9.17) is 4.74 Å². The molecule has 0 radical (unpaired) electrons. The highest BCUT2D eigenvalue weighted by molar-refractivity contribution is 9.10. The summed E-state index contributed by atoms with van der Waals surface area (Å²) in [6, 6.07) is 6.15. The number of carbonyl (C=O) groups excluding carboxylic acids is 1. The van der Waals surface area contributed by atoms with Gasteiger partial charge in [-0.1, -0.05) is 19.4 Å². The van der Waals surface area contributed by atoms with Crippen LogP contribution in [-0.2, 0) is 11.2 Å². The molecule has 1 fully saturated rings. The molecule has 0 aromatic heterocycles. The van der Waals surface area contributed by atoms with Gasteiger partial charge in [-0.3, -0.25) is 9.69 Å². The summed E-state index contributed by atoms with van der Waals surface area (Å²) >= 11 is 3.51. The van der Waals surface area contributed by atoms with Crippen molar-refractivity contribution in [2.45, 2.75) is 38.6 Å². The fourth-order valence-corrected chi connectivity index (χ4v) is 3.76. The number of carbonyl (C=O) groups is 1. The van der Waals surface area contributed by atoms with Crippen molar-refractivity contribution in [3.63, 3.8) is 0 Å². The van der Waals surface area contributed by atoms with Crippen LogP contribution in [0.25, 0.3) is 0 Å². The highest BCUT2D eigenvalue weighted by atomic mass is 79.9. The van der Waals surface area contributed by atoms with Gasteiger partial charge in [0.05, 0.1) is 17.6 Å². The first kappa shape index (κ1) is 18.3. The standard InChI is InChI=1S/C18H27BrN2O2/c1-4-21-11-6-5-7-16(21)18(22)20(2)12-10-14-8-9-17(23-3)15(19)13-14/h8-9,13,16H,4-7,10-12H2,1-3H3. The number of halogens is 1. The van der Waals surface area contributed by atoms with Gasteiger partial charge in [-0.15, -0.1) is 0 Å². The van der Waals surface area contributed by atoms with Crippen molar-refractivity contribution in [3.8, 4) is 5.75 Å². The molecule has 5 heteroatoms. The van der Waals surface area contributed by atoms with Crippen LogP contribution in [0, 0.1) is 0 Å². The quantitative estimate of drug-likeness (QED) is 0.756. The summed E-state index contributed by atoms with van der Waals surface area (Å²) in [6.07, 6.45) is 4.21. The Labute approximate surface area is 147 Å². The Morgan fingerprint density at radius 3 is 2.87 bits per heavy atom. The van der Waals surface area contributed by atoms with Crippen molar-refractivity contribution in [1.82, 2.24) is 9.80 Å². The second-order valence-corrected chi connectivity index (χ2v) is 6.97. The summed E-state index contributed by atoms with van der Waals surface area (Å²) in [4.78, 5) is 16.9. The third-order valence-electron chi connectivity index (χ3n) is 4.63. The average molecular weight is 383 g/mol. The van der Waals surface area contributed by atoms with E-state index in [2.05, 4.69) is 39.9 Å². The van der Waals surface area contributed by atoms with E-state index in [9.17, 15) is 4.79 Å². The molecule has 23 heavy (non-hydrogen) atoms. The first-order valence-corrected chi connectivity index (χ1v) is 9.17. The molecule has 1 heterocycles. The first-order chi connectivity index (χ1) is 11.1. The van der Waals surface area contributed by atoms with Gasteiger partial charge in [0.15, 0.2) is 0 Å². The first-order valence-electron chi connectivity index (χ1n) is 8.38. The number of likely N-dealkylation sites (tertiary alicyclic amines) is 1. The van der Waals surface area contributed by atoms with Crippen molar-refractivity contribution >= 4 is 21.8 Å². The lowest BCUT2D eigenvalue weighted by atomic mass is 10.0. The Bertz CT molecular complexity index is 536. The van der Waals surface area contributed by atoms with Crippen molar-refractivity contribution in [2.75, 3.05) is 33.8 Å². The van der Waals surface area contributed by atoms with Gasteiger partial charge < -0.3 is 9.64 Å². The number of hydrogen-bond acceptors (Lipinski definition) is 3. The Morgan fingerprint density at radius 1 is 1.43 bits per heavy atom. The van der Waals surface area contributed by atoms with Crippen LogP contribution in [-0.4, -0.2) is 55.5 Å². The normalized spacial score (nSPS) is 18.7. The topological polar surface area (TPSA) is 32.8 Å². The van der Waals surface area contributed by atoms with Gasteiger partial charge in [0.25, 0.3) is 0 Å². The Balaban J connectivity index is 1.92. The Morgan fingerprint density at radius 2 is 2.22 bits per heavy atom. The molecule has 0 aliphatic carbocycles. The molecule has 1 aliphatic heterocycles. The maximum Gasteiger partial charge on any atom is 0.239 e. The molecule has 1 atom stereocenters. The van der Waals surface area contributed by atoms with Crippen LogP contribution >= 0.6 is 15.9 Å². The molecule has 128 valence electrons. The third kappa shape index (κ3) is 4.70. The lowest BCUT2D eigenvalue weighted by Gasteiger charge is -2.36. The number of benzene rings is 1. The maximum absolute atomic E-state index is 12.7. The van der Waals surface area contributed by atoms with Gasteiger partial charge in [0, 0.05) is 13.6 Å². The van der Waals surface area contributed by atoms with Crippen molar-refractivity contribution in [3.05, 3.63) is 28.2 Å². The molecule has 0 saturated carbocycles. The molecular formula is C18H27BrN2O2. The van der Waals surface area contributed by atoms with Crippen LogP contribution in [0.4, 0.5) is 0 Å². The molecule has 1 amide bonds. The minimum Gasteiger partial charge on any atom is -0.496 e. The molecule has 0 bridgehead atoms. The molecule has 1 unspecified atom stereocenters. The van der Waals surface area contributed by atoms with Crippen molar-refractivity contribution < 1.29 is 9.53 Å². The van der Waals surface area contributed by atoms with E-state index in [0.717, 1.165) is 49.1 Å². The monoisotopic (exact) mass is 382 g/mol. The number of piperidine rings is 1. The second-order valence-electron chi connectivity index (χ2n) is 6.12. The van der Waals surface area contributed by atoms with E-state index in [1.807, 2.05) is 18.0 Å². The molecule has 1 saturated heterocycles. The lowest BCUT2D eigenvalue weighted by Crippen LogP contribution is -2.50. The van der Waals surface area contributed by atoms with Gasteiger partial charge in [0.2, 0.25) is 5.91 Å². The van der Waals surface area contributed by atoms with Gasteiger partial charge in [0.1, 0.15) is 5.75 Å². The van der Waals surface area contributed by atoms with Gasteiger partial charge in [-0.05, 0) is 66.0 Å². The van der Waals surface area contributed by atoms with E-state index in [-0.39, 0.29) is 11.9 Å². The molecule has 1 aromatic carbocycles. The molecule has 0 spiro atoms. The van der Waals surface area contributed by atoms with Gasteiger partial charge in [-0.2, -0.15) is 0 Å². The van der Waals surface area contributed by atoms with Crippen LogP contribution in [0.1, 0.15) is 31.7 Å². The number of nitrogens with zero attached hydrogens (tertiary/aromatic N) is 2. The van der Waals surface area contributed by atoms with Gasteiger partial charge in [-0.25, -0.2) is 0 Å². The molecule has 2 rings (SSSR count). The van der Waals surface area contributed by atoms with Crippen LogP contribution in [0.3, 0.4) is 0 Å². The summed E-state index contributed by atoms with van der Waals surface area (Å²) in [5, 5.41) is 0. The highest BCUT2D eigenvalue weighted by Gasteiger charge is 2.29. The average Bonchev–Trinajstić information content (AvgIpc) is 2.59. The summed E-state index contributed by atoms with van der Waals surface area (Å²) in [5.74, 6) is 1.10. The zero-order valence-corrected chi connectivity index (χ0v) is 15.9. The minimum atomic E-state index is 0.0707. The van der Waals surface area contributed by atoms with E-state index in [1.165, 1.54) is 12.0 Å². The smallest absolute Gasteiger partial charge is 0.239 e. The molecule has 0 N–H and O–H groups in total. The van der Waals surface area contributed by atoms with Crippen LogP contribution in [0.15, 0.2) is 22.7 Å². The molecule has 1 aliphatic rings. The number of amides is 1. The van der Waals surface area contributed by atoms with Crippen LogP contribution in [0.5, 0.6) is 5.75 Å². The molecule has 1 aromatic rings. The number of hydrogen-bond donors (Lipinski definition) is 0. The van der Waals surface area contributed by atoms with E-state index < -0.39 is 0 Å². The van der Waals surface area contributed by atoms with E-state index >= 15 is 0 Å². The predicted octanol–water partition coefficient (Wildman–Crippen LogP) is 3.33. The van der Waals surface area contributed by atoms with Crippen molar-refractivity contribution in [2.24, 2.45) is 0 Å². The number of rotatable bonds is 6. The Kier molecular flexibility index (Phi) is 6.90. The number of ether oxygens (including phenoxy) is 1. The van der Waals surface area contributed by atoms with Crippen molar-refractivity contribution in [1.29, 1.82) is 0 Å². The fourth-order valence-electron chi connectivity index (χ4n) is 3.18.